The molecule has 3 rings (SSSR count). The van der Waals surface area contributed by atoms with Gasteiger partial charge >= 0.3 is 0 Å². The summed E-state index contributed by atoms with van der Waals surface area (Å²) in [5, 5.41) is 83.5. The molecule has 2 heterocycles. The van der Waals surface area contributed by atoms with Crippen LogP contribution in [0.4, 0.5) is 5.69 Å². The van der Waals surface area contributed by atoms with Crippen molar-refractivity contribution >= 4 is 11.7 Å². The summed E-state index contributed by atoms with van der Waals surface area (Å²) in [6.07, 6.45) is -15.1. The second kappa shape index (κ2) is 10.4. The number of rotatable bonds is 7. The third-order valence-electron chi connectivity index (χ3n) is 5.43. The molecule has 0 saturated carbocycles. The van der Waals surface area contributed by atoms with Gasteiger partial charge in [0.15, 0.2) is 12.5 Å². The molecular formula is C19H26NO12-. The molecule has 2 aliphatic rings. The summed E-state index contributed by atoms with van der Waals surface area (Å²) < 4.78 is 16.3. The number of carboxylic acid groups (broad SMARTS) is 1. The summed E-state index contributed by atoms with van der Waals surface area (Å²) >= 11 is 0. The van der Waals surface area contributed by atoms with Gasteiger partial charge in [-0.2, -0.15) is 0 Å². The standard InChI is InChI=1S/C19H27NO12/c21-5-9-11(23)12(24)15(27)19(31-9)32-16-10(6-22)30-17(14(26)13(16)25)20-8-3-1-7(2-4-8)18(28)29/h1-4,9-17,19-27H,5-6H2,(H,28,29)/p-1/t9-,10-,11+,12+,13-,14+,15+,16+,17-,19+/m0/s1. The topological polar surface area (TPSA) is 221 Å². The molecule has 0 aliphatic carbocycles. The highest BCUT2D eigenvalue weighted by molar-refractivity contribution is 5.86. The Hall–Kier alpha value is -1.91. The summed E-state index contributed by atoms with van der Waals surface area (Å²) in [6, 6.07) is 5.30. The Morgan fingerprint density at radius 2 is 1.50 bits per heavy atom. The Balaban J connectivity index is 1.70. The van der Waals surface area contributed by atoms with Crippen LogP contribution >= 0.6 is 0 Å². The lowest BCUT2D eigenvalue weighted by atomic mass is 9.96. The van der Waals surface area contributed by atoms with Gasteiger partial charge in [-0.1, -0.05) is 12.1 Å². The predicted molar refractivity (Wildman–Crippen MR) is 101 cm³/mol. The Morgan fingerprint density at radius 3 is 2.06 bits per heavy atom. The molecule has 2 aliphatic heterocycles. The first-order valence-corrected chi connectivity index (χ1v) is 9.84. The average molecular weight is 460 g/mol. The van der Waals surface area contributed by atoms with E-state index in [0.717, 1.165) is 0 Å². The molecule has 0 aromatic heterocycles. The van der Waals surface area contributed by atoms with Crippen LogP contribution in [0.1, 0.15) is 10.4 Å². The lowest BCUT2D eigenvalue weighted by molar-refractivity contribution is -0.340. The zero-order valence-electron chi connectivity index (χ0n) is 16.7. The van der Waals surface area contributed by atoms with Crippen molar-refractivity contribution in [2.45, 2.75) is 61.3 Å². The number of aromatic carboxylic acids is 1. The Labute approximate surface area is 182 Å². The number of aliphatic hydroxyl groups is 7. The summed E-state index contributed by atoms with van der Waals surface area (Å²) in [5.74, 6) is -1.37. The van der Waals surface area contributed by atoms with Crippen molar-refractivity contribution in [3.8, 4) is 0 Å². The van der Waals surface area contributed by atoms with Gasteiger partial charge in [-0.05, 0) is 17.7 Å². The highest BCUT2D eigenvalue weighted by Gasteiger charge is 2.50. The van der Waals surface area contributed by atoms with Crippen LogP contribution in [-0.2, 0) is 14.2 Å². The summed E-state index contributed by atoms with van der Waals surface area (Å²) in [6.45, 7) is -1.36. The lowest BCUT2D eigenvalue weighted by Crippen LogP contribution is -2.65. The van der Waals surface area contributed by atoms with Gasteiger partial charge in [-0.25, -0.2) is 0 Å². The Morgan fingerprint density at radius 1 is 0.875 bits per heavy atom. The molecule has 0 amide bonds. The number of hydrogen-bond donors (Lipinski definition) is 8. The molecular weight excluding hydrogens is 434 g/mol. The van der Waals surface area contributed by atoms with Gasteiger partial charge in [0, 0.05) is 5.69 Å². The zero-order valence-corrected chi connectivity index (χ0v) is 16.7. The van der Waals surface area contributed by atoms with Gasteiger partial charge in [0.25, 0.3) is 0 Å². The normalized spacial score (nSPS) is 40.1. The number of carbonyl (C=O) groups is 1. The van der Waals surface area contributed by atoms with Crippen LogP contribution in [0.25, 0.3) is 0 Å². The number of anilines is 1. The monoisotopic (exact) mass is 460 g/mol. The molecule has 10 atom stereocenters. The molecule has 13 nitrogen and oxygen atoms in total. The van der Waals surface area contributed by atoms with Crippen molar-refractivity contribution in [3.05, 3.63) is 29.8 Å². The third-order valence-corrected chi connectivity index (χ3v) is 5.43. The van der Waals surface area contributed by atoms with E-state index < -0.39 is 80.5 Å². The van der Waals surface area contributed by atoms with Gasteiger partial charge in [0.1, 0.15) is 48.8 Å². The van der Waals surface area contributed by atoms with Crippen LogP contribution in [0.5, 0.6) is 0 Å². The van der Waals surface area contributed by atoms with E-state index in [1.54, 1.807) is 0 Å². The highest BCUT2D eigenvalue weighted by Crippen LogP contribution is 2.29. The van der Waals surface area contributed by atoms with Gasteiger partial charge in [-0.3, -0.25) is 0 Å². The van der Waals surface area contributed by atoms with Crippen LogP contribution in [0, 0.1) is 0 Å². The van der Waals surface area contributed by atoms with Crippen LogP contribution in [0.2, 0.25) is 0 Å². The van der Waals surface area contributed by atoms with E-state index in [1.807, 2.05) is 0 Å². The van der Waals surface area contributed by atoms with Crippen molar-refractivity contribution in [3.63, 3.8) is 0 Å². The fourth-order valence-corrected chi connectivity index (χ4v) is 3.58. The van der Waals surface area contributed by atoms with Crippen molar-refractivity contribution < 1.29 is 59.9 Å². The SMILES string of the molecule is O=C([O-])c1ccc(N[C@H]2O[C@@H](CO)[C@@H](O[C@H]3O[C@@H](CO)[C@@H](O)[C@@H](O)[C@H]3O)[C@@H](O)[C@H]2O)cc1. The smallest absolute Gasteiger partial charge is 0.187 e. The van der Waals surface area contributed by atoms with Crippen molar-refractivity contribution in [2.75, 3.05) is 18.5 Å². The van der Waals surface area contributed by atoms with E-state index in [9.17, 15) is 45.6 Å². The molecule has 0 unspecified atom stereocenters. The Kier molecular flexibility index (Phi) is 8.00. The minimum absolute atomic E-state index is 0.0677. The van der Waals surface area contributed by atoms with E-state index in [-0.39, 0.29) is 5.56 Å². The average Bonchev–Trinajstić information content (AvgIpc) is 2.79. The second-order valence-corrected chi connectivity index (χ2v) is 7.57. The Bertz CT molecular complexity index is 759. The molecule has 0 bridgehead atoms. The number of nitrogens with one attached hydrogen (secondary N) is 1. The maximum absolute atomic E-state index is 10.8. The molecule has 32 heavy (non-hydrogen) atoms. The van der Waals surface area contributed by atoms with Gasteiger partial charge in [0.05, 0.1) is 19.2 Å². The first-order valence-electron chi connectivity index (χ1n) is 9.84. The van der Waals surface area contributed by atoms with Gasteiger partial charge in [0.2, 0.25) is 0 Å². The number of benzene rings is 1. The van der Waals surface area contributed by atoms with E-state index in [2.05, 4.69) is 5.32 Å². The van der Waals surface area contributed by atoms with Crippen molar-refractivity contribution in [2.24, 2.45) is 0 Å². The van der Waals surface area contributed by atoms with Crippen LogP contribution < -0.4 is 10.4 Å². The minimum Gasteiger partial charge on any atom is -0.545 e. The molecule has 180 valence electrons. The van der Waals surface area contributed by atoms with E-state index in [0.29, 0.717) is 5.69 Å². The van der Waals surface area contributed by atoms with Gasteiger partial charge < -0.3 is 65.2 Å². The van der Waals surface area contributed by atoms with Crippen LogP contribution in [-0.4, -0.2) is 116 Å². The molecule has 0 spiro atoms. The van der Waals surface area contributed by atoms with Crippen molar-refractivity contribution in [1.29, 1.82) is 0 Å². The van der Waals surface area contributed by atoms with Crippen LogP contribution in [0.15, 0.2) is 24.3 Å². The molecule has 8 N–H and O–H groups in total. The molecule has 2 fully saturated rings. The molecule has 13 heteroatoms. The van der Waals surface area contributed by atoms with E-state index in [4.69, 9.17) is 14.2 Å². The zero-order chi connectivity index (χ0) is 23.6. The fourth-order valence-electron chi connectivity index (χ4n) is 3.58. The van der Waals surface area contributed by atoms with E-state index >= 15 is 0 Å². The quantitative estimate of drug-likeness (QED) is 0.191. The van der Waals surface area contributed by atoms with Gasteiger partial charge in [-0.15, -0.1) is 0 Å². The number of hydrogen-bond acceptors (Lipinski definition) is 13. The minimum atomic E-state index is -1.76. The first-order chi connectivity index (χ1) is 15.2. The summed E-state index contributed by atoms with van der Waals surface area (Å²) in [5.41, 5.74) is 0.276. The molecule has 0 radical (unpaired) electrons. The van der Waals surface area contributed by atoms with Crippen molar-refractivity contribution in [1.82, 2.24) is 0 Å². The maximum Gasteiger partial charge on any atom is 0.187 e. The number of carbonyl (C=O) groups excluding carboxylic acids is 1. The largest absolute Gasteiger partial charge is 0.545 e. The molecule has 1 aromatic rings. The van der Waals surface area contributed by atoms with E-state index in [1.165, 1.54) is 24.3 Å². The third kappa shape index (κ3) is 5.02. The second-order valence-electron chi connectivity index (χ2n) is 7.57. The fraction of sp³-hybridized carbons (Fsp3) is 0.632. The number of aliphatic hydroxyl groups excluding tert-OH is 7. The highest BCUT2D eigenvalue weighted by atomic mass is 16.7. The summed E-state index contributed by atoms with van der Waals surface area (Å²) in [7, 11) is 0. The van der Waals surface area contributed by atoms with Crippen LogP contribution in [0.3, 0.4) is 0 Å². The molecule has 2 saturated heterocycles. The number of carboxylic acids is 1. The summed E-state index contributed by atoms with van der Waals surface area (Å²) in [4.78, 5) is 10.8. The maximum atomic E-state index is 10.8. The first kappa shape index (κ1) is 24.7. The number of ether oxygens (including phenoxy) is 3. The lowest BCUT2D eigenvalue weighted by Gasteiger charge is -2.46. The predicted octanol–water partition coefficient (Wildman–Crippen LogP) is -4.91. The molecule has 1 aromatic carbocycles.